The van der Waals surface area contributed by atoms with Crippen molar-refractivity contribution in [2.45, 2.75) is 67.6 Å². The molecule has 0 aliphatic carbocycles. The van der Waals surface area contributed by atoms with Gasteiger partial charge in [0.1, 0.15) is 11.6 Å². The molecule has 1 radical (unpaired) electrons. The van der Waals surface area contributed by atoms with Gasteiger partial charge in [-0.25, -0.2) is 8.78 Å². The van der Waals surface area contributed by atoms with Crippen molar-refractivity contribution in [1.29, 1.82) is 0 Å². The van der Waals surface area contributed by atoms with Crippen LogP contribution in [-0.4, -0.2) is 26.5 Å². The summed E-state index contributed by atoms with van der Waals surface area (Å²) in [6, 6.07) is 20.5. The largest absolute Gasteiger partial charge is 0.464 e. The van der Waals surface area contributed by atoms with E-state index in [2.05, 4.69) is 57.2 Å². The zero-order chi connectivity index (χ0) is 28.5. The predicted molar refractivity (Wildman–Crippen MR) is 155 cm³/mol. The maximum Gasteiger partial charge on any atom is 0.318 e. The second-order valence-electron chi connectivity index (χ2n) is 9.45. The first-order valence-electron chi connectivity index (χ1n) is 13.3. The quantitative estimate of drug-likeness (QED) is 0.179. The van der Waals surface area contributed by atoms with E-state index in [1.54, 1.807) is 20.8 Å². The molecule has 3 aromatic carbocycles. The third-order valence-electron chi connectivity index (χ3n) is 6.53. The standard InChI is InChI=1S/C18H27BF2NO2.2C7H8/c1-6-14(7-2)10-24-16(23)9-22-19-8-15-17(20)12(4)11(3)13(5)18(15)21;2*1-7-5-3-2-4-6-7/h14,22H,6-10H2,1-5H3;2*2-6H,1H3. The molecule has 0 atom stereocenters. The predicted octanol–water partition coefficient (Wildman–Crippen LogP) is 7.57. The minimum atomic E-state index is -0.523. The molecule has 3 nitrogen and oxygen atoms in total. The van der Waals surface area contributed by atoms with Gasteiger partial charge in [0.2, 0.25) is 7.41 Å². The van der Waals surface area contributed by atoms with Gasteiger partial charge in [-0.3, -0.25) is 4.79 Å². The fourth-order valence-electron chi connectivity index (χ4n) is 3.52. The number of hydrogen-bond donors (Lipinski definition) is 1. The highest BCUT2D eigenvalue weighted by atomic mass is 19.1. The number of ether oxygens (including phenoxy) is 1. The maximum atomic E-state index is 14.2. The highest BCUT2D eigenvalue weighted by Gasteiger charge is 2.18. The Morgan fingerprint density at radius 3 is 1.61 bits per heavy atom. The monoisotopic (exact) mass is 522 g/mol. The molecule has 0 fully saturated rings. The Balaban J connectivity index is 0.000000412. The minimum absolute atomic E-state index is 0.00673. The molecule has 38 heavy (non-hydrogen) atoms. The molecule has 0 unspecified atom stereocenters. The van der Waals surface area contributed by atoms with Crippen LogP contribution in [0.25, 0.3) is 0 Å². The summed E-state index contributed by atoms with van der Waals surface area (Å²) in [6.07, 6.45) is 2.00. The summed E-state index contributed by atoms with van der Waals surface area (Å²) in [5.74, 6) is -1.04. The molecule has 6 heteroatoms. The van der Waals surface area contributed by atoms with Gasteiger partial charge >= 0.3 is 5.97 Å². The molecule has 0 aromatic heterocycles. The Hall–Kier alpha value is -2.99. The Bertz CT molecular complexity index is 1020. The minimum Gasteiger partial charge on any atom is -0.464 e. The first-order valence-corrected chi connectivity index (χ1v) is 13.3. The van der Waals surface area contributed by atoms with Gasteiger partial charge in [0.25, 0.3) is 0 Å². The van der Waals surface area contributed by atoms with Crippen molar-refractivity contribution >= 4 is 13.4 Å². The van der Waals surface area contributed by atoms with Crippen LogP contribution in [0, 0.1) is 52.2 Å². The van der Waals surface area contributed by atoms with Gasteiger partial charge in [-0.2, -0.15) is 0 Å². The van der Waals surface area contributed by atoms with Crippen molar-refractivity contribution in [2.75, 3.05) is 13.2 Å². The van der Waals surface area contributed by atoms with E-state index in [9.17, 15) is 13.6 Å². The molecule has 0 aliphatic rings. The van der Waals surface area contributed by atoms with E-state index in [0.717, 1.165) is 12.8 Å². The summed E-state index contributed by atoms with van der Waals surface area (Å²) in [5.41, 5.74) is 4.22. The summed E-state index contributed by atoms with van der Waals surface area (Å²) >= 11 is 0. The zero-order valence-electron chi connectivity index (χ0n) is 24.0. The van der Waals surface area contributed by atoms with Crippen molar-refractivity contribution in [3.63, 3.8) is 0 Å². The second-order valence-corrected chi connectivity index (χ2v) is 9.45. The Labute approximate surface area is 229 Å². The second kappa shape index (κ2) is 18.3. The van der Waals surface area contributed by atoms with Crippen molar-refractivity contribution in [1.82, 2.24) is 5.23 Å². The van der Waals surface area contributed by atoms with Crippen LogP contribution in [0.1, 0.15) is 60.1 Å². The maximum absolute atomic E-state index is 14.2. The topological polar surface area (TPSA) is 38.3 Å². The Morgan fingerprint density at radius 1 is 0.789 bits per heavy atom. The van der Waals surface area contributed by atoms with Gasteiger partial charge in [0, 0.05) is 5.56 Å². The van der Waals surface area contributed by atoms with Gasteiger partial charge < -0.3 is 9.96 Å². The molecule has 0 bridgehead atoms. The van der Waals surface area contributed by atoms with Gasteiger partial charge in [-0.15, -0.1) is 0 Å². The van der Waals surface area contributed by atoms with E-state index in [-0.39, 0.29) is 24.4 Å². The number of rotatable bonds is 9. The fourth-order valence-corrected chi connectivity index (χ4v) is 3.52. The number of carbonyl (C=O) groups is 1. The van der Waals surface area contributed by atoms with Crippen LogP contribution < -0.4 is 5.23 Å². The average Bonchev–Trinajstić information content (AvgIpc) is 2.92. The number of benzene rings is 3. The first-order chi connectivity index (χ1) is 18.1. The van der Waals surface area contributed by atoms with Crippen molar-refractivity contribution in [2.24, 2.45) is 5.92 Å². The van der Waals surface area contributed by atoms with E-state index in [1.165, 1.54) is 18.5 Å². The van der Waals surface area contributed by atoms with E-state index in [4.69, 9.17) is 4.74 Å². The number of hydrogen-bond acceptors (Lipinski definition) is 3. The summed E-state index contributed by atoms with van der Waals surface area (Å²) in [5, 5.41) is 2.77. The lowest BCUT2D eigenvalue weighted by molar-refractivity contribution is -0.143. The number of aryl methyl sites for hydroxylation is 2. The van der Waals surface area contributed by atoms with E-state index in [1.807, 2.05) is 36.4 Å². The van der Waals surface area contributed by atoms with Crippen molar-refractivity contribution < 1.29 is 18.3 Å². The molecular formula is C32H43BF2NO2. The Morgan fingerprint density at radius 2 is 1.24 bits per heavy atom. The molecule has 0 aliphatic heterocycles. The highest BCUT2D eigenvalue weighted by molar-refractivity contribution is 6.32. The van der Waals surface area contributed by atoms with Crippen molar-refractivity contribution in [3.05, 3.63) is 106 Å². The molecule has 0 amide bonds. The SMILES string of the molecule is CCC(CC)COC(=O)CN[B]Cc1c(F)c(C)c(C)c(C)c1F.Cc1ccccc1.Cc1ccccc1. The molecule has 3 rings (SSSR count). The molecule has 0 saturated carbocycles. The van der Waals surface area contributed by atoms with Gasteiger partial charge in [0.05, 0.1) is 13.2 Å². The average molecular weight is 523 g/mol. The summed E-state index contributed by atoms with van der Waals surface area (Å²) in [7, 11) is 1.49. The Kier molecular flexibility index (Phi) is 15.9. The van der Waals surface area contributed by atoms with Crippen molar-refractivity contribution in [3.8, 4) is 0 Å². The third kappa shape index (κ3) is 12.0. The van der Waals surface area contributed by atoms with Gasteiger partial charge in [0.15, 0.2) is 0 Å². The molecule has 0 heterocycles. The molecule has 0 saturated heterocycles. The molecule has 205 valence electrons. The number of halogens is 2. The molecular weight excluding hydrogens is 479 g/mol. The summed E-state index contributed by atoms with van der Waals surface area (Å²) in [6.45, 7) is 13.7. The van der Waals surface area contributed by atoms with Crippen LogP contribution in [0.4, 0.5) is 8.78 Å². The molecule has 1 N–H and O–H groups in total. The number of carbonyl (C=O) groups excluding carboxylic acids is 1. The van der Waals surface area contributed by atoms with Crippen LogP contribution in [-0.2, 0) is 15.9 Å². The number of nitrogens with one attached hydrogen (secondary N) is 1. The van der Waals surface area contributed by atoms with Crippen LogP contribution in [0.3, 0.4) is 0 Å². The lowest BCUT2D eigenvalue weighted by Gasteiger charge is -2.14. The fraction of sp³-hybridized carbons (Fsp3) is 0.406. The normalized spacial score (nSPS) is 10.2. The highest BCUT2D eigenvalue weighted by Crippen LogP contribution is 2.24. The smallest absolute Gasteiger partial charge is 0.318 e. The van der Waals surface area contributed by atoms with Crippen LogP contribution in [0.2, 0.25) is 0 Å². The third-order valence-corrected chi connectivity index (χ3v) is 6.53. The van der Waals surface area contributed by atoms with Gasteiger partial charge in [-0.05, 0) is 63.5 Å². The first kappa shape index (κ1) is 33.0. The van der Waals surface area contributed by atoms with Crippen LogP contribution in [0.5, 0.6) is 0 Å². The van der Waals surface area contributed by atoms with Crippen LogP contribution in [0.15, 0.2) is 60.7 Å². The van der Waals surface area contributed by atoms with E-state index in [0.29, 0.717) is 29.2 Å². The zero-order valence-corrected chi connectivity index (χ0v) is 24.0. The lowest BCUT2D eigenvalue weighted by Crippen LogP contribution is -2.30. The summed E-state index contributed by atoms with van der Waals surface area (Å²) in [4.78, 5) is 11.6. The molecule has 0 spiro atoms. The number of esters is 1. The lowest BCUT2D eigenvalue weighted by atomic mass is 9.82. The summed E-state index contributed by atoms with van der Waals surface area (Å²) < 4.78 is 33.6. The van der Waals surface area contributed by atoms with E-state index >= 15 is 0 Å². The molecule has 3 aromatic rings. The van der Waals surface area contributed by atoms with E-state index < -0.39 is 11.6 Å². The van der Waals surface area contributed by atoms with Gasteiger partial charge in [-0.1, -0.05) is 98.5 Å². The van der Waals surface area contributed by atoms with Crippen LogP contribution >= 0.6 is 0 Å².